The van der Waals surface area contributed by atoms with E-state index in [1.807, 2.05) is 0 Å². The number of nitrogens with two attached hydrogens (primary N) is 1. The minimum absolute atomic E-state index is 0.0411. The molecule has 5 nitrogen and oxygen atoms in total. The first-order valence-electron chi connectivity index (χ1n) is 3.57. The van der Waals surface area contributed by atoms with Crippen molar-refractivity contribution in [3.05, 3.63) is 10.4 Å². The maximum absolute atomic E-state index is 11.2. The highest BCUT2D eigenvalue weighted by Crippen LogP contribution is 2.32. The number of thiophene rings is 1. The fourth-order valence-corrected chi connectivity index (χ4v) is 2.86. The van der Waals surface area contributed by atoms with Crippen LogP contribution < -0.4 is 5.73 Å². The largest absolute Gasteiger partial charge is 0.465 e. The number of hydrogen-bond acceptors (Lipinski definition) is 5. The van der Waals surface area contributed by atoms with E-state index >= 15 is 0 Å². The molecule has 0 saturated heterocycles. The van der Waals surface area contributed by atoms with Crippen molar-refractivity contribution in [3.63, 3.8) is 0 Å². The number of carbonyl (C=O) groups is 1. The Kier molecular flexibility index (Phi) is 3.25. The van der Waals surface area contributed by atoms with Gasteiger partial charge in [0.1, 0.15) is 4.88 Å². The van der Waals surface area contributed by atoms with Crippen LogP contribution in [0.3, 0.4) is 0 Å². The maximum atomic E-state index is 11.2. The van der Waals surface area contributed by atoms with Crippen LogP contribution >= 0.6 is 11.3 Å². The zero-order chi connectivity index (χ0) is 10.9. The van der Waals surface area contributed by atoms with E-state index in [2.05, 4.69) is 4.74 Å². The second-order valence-electron chi connectivity index (χ2n) is 2.49. The lowest BCUT2D eigenvalue weighted by Gasteiger charge is -1.98. The minimum Gasteiger partial charge on any atom is -0.465 e. The van der Waals surface area contributed by atoms with Crippen LogP contribution in [0.2, 0.25) is 0 Å². The molecule has 0 aliphatic carbocycles. The van der Waals surface area contributed by atoms with E-state index in [9.17, 15) is 9.00 Å². The van der Waals surface area contributed by atoms with Crippen LogP contribution in [-0.2, 0) is 15.8 Å². The molecule has 78 valence electrons. The van der Waals surface area contributed by atoms with Crippen molar-refractivity contribution in [2.45, 2.75) is 11.8 Å². The van der Waals surface area contributed by atoms with Gasteiger partial charge in [-0.05, 0) is 6.92 Å². The van der Waals surface area contributed by atoms with E-state index in [0.717, 1.165) is 11.3 Å². The molecular formula is C7H9NO4S2. The molecule has 0 spiro atoms. The van der Waals surface area contributed by atoms with E-state index in [1.165, 1.54) is 7.11 Å². The highest BCUT2D eigenvalue weighted by Gasteiger charge is 2.23. The molecule has 1 heterocycles. The number of hydrogen-bond donors (Lipinski definition) is 2. The van der Waals surface area contributed by atoms with Gasteiger partial charge in [0.15, 0.2) is 11.1 Å². The SMILES string of the molecule is COC(=O)c1sc(N)c(C)c1S(=O)O. The summed E-state index contributed by atoms with van der Waals surface area (Å²) in [5.74, 6) is -0.646. The summed E-state index contributed by atoms with van der Waals surface area (Å²) in [5.41, 5.74) is 5.99. The van der Waals surface area contributed by atoms with Crippen molar-refractivity contribution in [2.24, 2.45) is 0 Å². The molecule has 1 aromatic rings. The molecule has 0 fully saturated rings. The van der Waals surface area contributed by atoms with Gasteiger partial charge in [-0.25, -0.2) is 9.00 Å². The number of ether oxygens (including phenoxy) is 1. The Morgan fingerprint density at radius 1 is 1.64 bits per heavy atom. The maximum Gasteiger partial charge on any atom is 0.349 e. The average molecular weight is 235 g/mol. The molecule has 0 aliphatic rings. The standard InChI is InChI=1S/C7H9NO4S2/c1-3-5(14(10)11)4(7(9)12-2)13-6(3)8/h8H2,1-2H3,(H,10,11). The third-order valence-electron chi connectivity index (χ3n) is 1.67. The summed E-state index contributed by atoms with van der Waals surface area (Å²) >= 11 is -1.27. The van der Waals surface area contributed by atoms with Gasteiger partial charge in [0.25, 0.3) is 0 Å². The molecule has 14 heavy (non-hydrogen) atoms. The molecule has 0 aromatic carbocycles. The Morgan fingerprint density at radius 2 is 2.21 bits per heavy atom. The molecule has 0 aliphatic heterocycles. The van der Waals surface area contributed by atoms with E-state index < -0.39 is 17.0 Å². The number of esters is 1. The lowest BCUT2D eigenvalue weighted by molar-refractivity contribution is 0.0602. The summed E-state index contributed by atoms with van der Waals surface area (Å²) in [4.78, 5) is 11.3. The lowest BCUT2D eigenvalue weighted by atomic mass is 10.3. The first kappa shape index (κ1) is 11.2. The second-order valence-corrected chi connectivity index (χ2v) is 4.45. The molecule has 0 saturated carbocycles. The van der Waals surface area contributed by atoms with Crippen LogP contribution in [-0.4, -0.2) is 21.8 Å². The number of methoxy groups -OCH3 is 1. The van der Waals surface area contributed by atoms with Crippen molar-refractivity contribution in [3.8, 4) is 0 Å². The van der Waals surface area contributed by atoms with Gasteiger partial charge in [-0.3, -0.25) is 0 Å². The molecule has 0 amide bonds. The van der Waals surface area contributed by atoms with Crippen molar-refractivity contribution in [1.82, 2.24) is 0 Å². The number of anilines is 1. The van der Waals surface area contributed by atoms with Gasteiger partial charge in [0, 0.05) is 5.56 Å². The summed E-state index contributed by atoms with van der Waals surface area (Å²) in [6, 6.07) is 0. The third-order valence-corrected chi connectivity index (χ3v) is 3.76. The molecule has 1 atom stereocenters. The molecule has 1 unspecified atom stereocenters. The summed E-state index contributed by atoms with van der Waals surface area (Å²) in [7, 11) is 1.21. The smallest absolute Gasteiger partial charge is 0.349 e. The first-order chi connectivity index (χ1) is 6.49. The highest BCUT2D eigenvalue weighted by molar-refractivity contribution is 7.79. The monoisotopic (exact) mass is 235 g/mol. The highest BCUT2D eigenvalue weighted by atomic mass is 32.2. The van der Waals surface area contributed by atoms with Gasteiger partial charge >= 0.3 is 5.97 Å². The lowest BCUT2D eigenvalue weighted by Crippen LogP contribution is -2.03. The van der Waals surface area contributed by atoms with Gasteiger partial charge in [-0.15, -0.1) is 11.3 Å². The Labute approximate surface area is 87.2 Å². The van der Waals surface area contributed by atoms with E-state index in [1.54, 1.807) is 6.92 Å². The first-order valence-corrected chi connectivity index (χ1v) is 5.49. The van der Waals surface area contributed by atoms with Gasteiger partial charge < -0.3 is 15.0 Å². The molecule has 1 rings (SSSR count). The topological polar surface area (TPSA) is 89.6 Å². The van der Waals surface area contributed by atoms with Crippen molar-refractivity contribution in [1.29, 1.82) is 0 Å². The molecule has 0 radical (unpaired) electrons. The van der Waals surface area contributed by atoms with Crippen LogP contribution in [0.5, 0.6) is 0 Å². The van der Waals surface area contributed by atoms with E-state index in [4.69, 9.17) is 10.3 Å². The van der Waals surface area contributed by atoms with Crippen molar-refractivity contribution >= 4 is 33.4 Å². The number of nitrogen functional groups attached to an aromatic ring is 1. The molecule has 1 aromatic heterocycles. The predicted octanol–water partition coefficient (Wildman–Crippen LogP) is 1.01. The van der Waals surface area contributed by atoms with Crippen LogP contribution in [0, 0.1) is 6.92 Å². The zero-order valence-corrected chi connectivity index (χ0v) is 9.20. The summed E-state index contributed by atoms with van der Waals surface area (Å²) < 4.78 is 24.4. The Morgan fingerprint density at radius 3 is 2.64 bits per heavy atom. The van der Waals surface area contributed by atoms with Gasteiger partial charge in [-0.1, -0.05) is 0 Å². The van der Waals surface area contributed by atoms with Crippen molar-refractivity contribution < 1.29 is 18.3 Å². The van der Waals surface area contributed by atoms with E-state index in [-0.39, 0.29) is 9.77 Å². The normalized spacial score (nSPS) is 12.5. The predicted molar refractivity (Wildman–Crippen MR) is 53.8 cm³/mol. The Balaban J connectivity index is 3.36. The molecule has 7 heteroatoms. The van der Waals surface area contributed by atoms with Crippen LogP contribution in [0.15, 0.2) is 4.90 Å². The quantitative estimate of drug-likeness (QED) is 0.589. The summed E-state index contributed by atoms with van der Waals surface area (Å²) in [6.45, 7) is 1.59. The van der Waals surface area contributed by atoms with Crippen LogP contribution in [0.25, 0.3) is 0 Å². The molecular weight excluding hydrogens is 226 g/mol. The van der Waals surface area contributed by atoms with Crippen LogP contribution in [0.4, 0.5) is 5.00 Å². The summed E-state index contributed by atoms with van der Waals surface area (Å²) in [5, 5.41) is 0.350. The third kappa shape index (κ3) is 1.79. The Bertz CT molecular complexity index is 399. The van der Waals surface area contributed by atoms with Crippen LogP contribution in [0.1, 0.15) is 15.2 Å². The van der Waals surface area contributed by atoms with Gasteiger partial charge in [-0.2, -0.15) is 0 Å². The number of carbonyl (C=O) groups excluding carboxylic acids is 1. The Hall–Kier alpha value is -0.920. The number of rotatable bonds is 2. The minimum atomic E-state index is -2.22. The summed E-state index contributed by atoms with van der Waals surface area (Å²) in [6.07, 6.45) is 0. The molecule has 3 N–H and O–H groups in total. The zero-order valence-electron chi connectivity index (χ0n) is 7.57. The fraction of sp³-hybridized carbons (Fsp3) is 0.286. The van der Waals surface area contributed by atoms with Crippen molar-refractivity contribution in [2.75, 3.05) is 12.8 Å². The fourth-order valence-electron chi connectivity index (χ4n) is 0.952. The van der Waals surface area contributed by atoms with Gasteiger partial charge in [0.2, 0.25) is 0 Å². The van der Waals surface area contributed by atoms with Gasteiger partial charge in [0.05, 0.1) is 17.0 Å². The second kappa shape index (κ2) is 4.07. The molecule has 0 bridgehead atoms. The van der Waals surface area contributed by atoms with E-state index in [0.29, 0.717) is 10.6 Å². The average Bonchev–Trinajstić information content (AvgIpc) is 2.42.